The number of aromatic nitrogens is 2. The van der Waals surface area contributed by atoms with Crippen molar-refractivity contribution in [2.24, 2.45) is 0 Å². The number of hydrogen-bond donors (Lipinski definition) is 1. The van der Waals surface area contributed by atoms with Crippen LogP contribution in [0.25, 0.3) is 0 Å². The van der Waals surface area contributed by atoms with Crippen LogP contribution in [0.2, 0.25) is 0 Å². The van der Waals surface area contributed by atoms with E-state index < -0.39 is 0 Å². The van der Waals surface area contributed by atoms with E-state index in [4.69, 9.17) is 4.74 Å². The predicted molar refractivity (Wildman–Crippen MR) is 88.7 cm³/mol. The Bertz CT molecular complexity index is 582. The highest BCUT2D eigenvalue weighted by Crippen LogP contribution is 2.30. The maximum Gasteiger partial charge on any atom is 0.210 e. The van der Waals surface area contributed by atoms with Gasteiger partial charge in [-0.3, -0.25) is 0 Å². The molecule has 1 N–H and O–H groups in total. The summed E-state index contributed by atoms with van der Waals surface area (Å²) < 4.78 is 6.74. The van der Waals surface area contributed by atoms with Crippen LogP contribution >= 0.6 is 23.1 Å². The van der Waals surface area contributed by atoms with Crippen LogP contribution < -0.4 is 5.32 Å². The Morgan fingerprint density at radius 1 is 1.33 bits per heavy atom. The fraction of sp³-hybridized carbons (Fsp3) is 0.467. The van der Waals surface area contributed by atoms with E-state index in [0.717, 1.165) is 27.5 Å². The van der Waals surface area contributed by atoms with Crippen LogP contribution in [0.15, 0.2) is 28.6 Å². The Labute approximate surface area is 133 Å². The van der Waals surface area contributed by atoms with Crippen molar-refractivity contribution in [1.29, 1.82) is 0 Å². The maximum atomic E-state index is 5.74. The average molecular weight is 321 g/mol. The number of benzene rings is 1. The Kier molecular flexibility index (Phi) is 5.11. The zero-order valence-corrected chi connectivity index (χ0v) is 13.7. The number of aryl methyl sites for hydroxylation is 1. The Morgan fingerprint density at radius 3 is 3.05 bits per heavy atom. The summed E-state index contributed by atoms with van der Waals surface area (Å²) in [5.41, 5.74) is 2.29. The third-order valence-corrected chi connectivity index (χ3v) is 5.56. The van der Waals surface area contributed by atoms with E-state index in [1.165, 1.54) is 24.8 Å². The molecule has 21 heavy (non-hydrogen) atoms. The minimum atomic E-state index is 0.375. The fourth-order valence-electron chi connectivity index (χ4n) is 2.25. The second-order valence-electron chi connectivity index (χ2n) is 5.11. The van der Waals surface area contributed by atoms with Gasteiger partial charge in [0.2, 0.25) is 5.13 Å². The highest BCUT2D eigenvalue weighted by molar-refractivity contribution is 8.01. The third kappa shape index (κ3) is 4.18. The first-order chi connectivity index (χ1) is 10.3. The average Bonchev–Trinajstić information content (AvgIpc) is 2.96. The van der Waals surface area contributed by atoms with Crippen LogP contribution in [-0.2, 0) is 4.74 Å². The van der Waals surface area contributed by atoms with Gasteiger partial charge in [0.15, 0.2) is 4.34 Å². The molecule has 0 aliphatic carbocycles. The summed E-state index contributed by atoms with van der Waals surface area (Å²) in [7, 11) is 0. The monoisotopic (exact) mass is 321 g/mol. The lowest BCUT2D eigenvalue weighted by Gasteiger charge is -2.21. The number of para-hydroxylation sites is 1. The lowest BCUT2D eigenvalue weighted by molar-refractivity contribution is 0.0315. The van der Waals surface area contributed by atoms with E-state index in [0.29, 0.717) is 6.10 Å². The summed E-state index contributed by atoms with van der Waals surface area (Å²) in [5, 5.41) is 12.6. The van der Waals surface area contributed by atoms with E-state index in [9.17, 15) is 0 Å². The van der Waals surface area contributed by atoms with E-state index in [-0.39, 0.29) is 0 Å². The van der Waals surface area contributed by atoms with Crippen LogP contribution in [0.1, 0.15) is 24.8 Å². The molecular formula is C15H19N3OS2. The highest BCUT2D eigenvalue weighted by Gasteiger charge is 2.15. The minimum absolute atomic E-state index is 0.375. The van der Waals surface area contributed by atoms with E-state index in [2.05, 4.69) is 34.6 Å². The molecule has 1 saturated heterocycles. The van der Waals surface area contributed by atoms with E-state index >= 15 is 0 Å². The second-order valence-corrected chi connectivity index (χ2v) is 7.36. The van der Waals surface area contributed by atoms with Gasteiger partial charge in [0.1, 0.15) is 0 Å². The maximum absolute atomic E-state index is 5.74. The molecule has 1 fully saturated rings. The Balaban J connectivity index is 1.55. The van der Waals surface area contributed by atoms with Crippen LogP contribution in [0.5, 0.6) is 0 Å². The molecule has 0 amide bonds. The molecule has 1 aromatic carbocycles. The molecule has 0 saturated carbocycles. The normalized spacial score (nSPS) is 18.6. The van der Waals surface area contributed by atoms with Gasteiger partial charge >= 0.3 is 0 Å². The summed E-state index contributed by atoms with van der Waals surface area (Å²) in [6.45, 7) is 2.99. The lowest BCUT2D eigenvalue weighted by atomic mass is 10.1. The van der Waals surface area contributed by atoms with Gasteiger partial charge in [0.25, 0.3) is 0 Å². The molecule has 2 heterocycles. The summed E-state index contributed by atoms with van der Waals surface area (Å²) in [6.07, 6.45) is 4.02. The van der Waals surface area contributed by atoms with Crippen molar-refractivity contribution < 1.29 is 4.74 Å². The molecule has 3 rings (SSSR count). The predicted octanol–water partition coefficient (Wildman–Crippen LogP) is 4.25. The van der Waals surface area contributed by atoms with Crippen LogP contribution in [0.4, 0.5) is 10.8 Å². The Hall–Kier alpha value is -1.11. The summed E-state index contributed by atoms with van der Waals surface area (Å²) in [6, 6.07) is 8.19. The molecule has 1 aromatic heterocycles. The van der Waals surface area contributed by atoms with Crippen molar-refractivity contribution in [3.8, 4) is 0 Å². The van der Waals surface area contributed by atoms with Gasteiger partial charge in [-0.25, -0.2) is 0 Å². The van der Waals surface area contributed by atoms with Crippen molar-refractivity contribution >= 4 is 33.9 Å². The summed E-state index contributed by atoms with van der Waals surface area (Å²) in [5.74, 6) is 0.971. The fourth-order valence-corrected chi connectivity index (χ4v) is 4.11. The van der Waals surface area contributed by atoms with Gasteiger partial charge in [-0.15, -0.1) is 10.2 Å². The molecule has 0 unspecified atom stereocenters. The number of thioether (sulfide) groups is 1. The van der Waals surface area contributed by atoms with Crippen LogP contribution in [0.3, 0.4) is 0 Å². The molecule has 1 aliphatic heterocycles. The first-order valence-electron chi connectivity index (χ1n) is 7.22. The molecule has 0 radical (unpaired) electrons. The lowest BCUT2D eigenvalue weighted by Crippen LogP contribution is -2.21. The minimum Gasteiger partial charge on any atom is -0.377 e. The van der Waals surface area contributed by atoms with Crippen LogP contribution in [-0.4, -0.2) is 28.7 Å². The molecule has 0 spiro atoms. The van der Waals surface area contributed by atoms with Gasteiger partial charge in [-0.2, -0.15) is 0 Å². The van der Waals surface area contributed by atoms with Crippen LogP contribution in [0, 0.1) is 6.92 Å². The zero-order chi connectivity index (χ0) is 14.5. The first kappa shape index (κ1) is 14.8. The number of nitrogens with zero attached hydrogens (tertiary/aromatic N) is 2. The number of ether oxygens (including phenoxy) is 1. The standard InChI is InChI=1S/C15H19N3OS2/c1-11-6-2-3-8-13(11)16-14-17-18-15(21-14)20-10-12-7-4-5-9-19-12/h2-3,6,8,12H,4-5,7,9-10H2,1H3,(H,16,17)/t12-/m0/s1. The largest absolute Gasteiger partial charge is 0.377 e. The summed E-state index contributed by atoms with van der Waals surface area (Å²) >= 11 is 3.34. The number of rotatable bonds is 5. The second kappa shape index (κ2) is 7.24. The summed E-state index contributed by atoms with van der Waals surface area (Å²) in [4.78, 5) is 0. The molecule has 1 aliphatic rings. The van der Waals surface area contributed by atoms with E-state index in [1.54, 1.807) is 23.1 Å². The quantitative estimate of drug-likeness (QED) is 0.834. The molecule has 4 nitrogen and oxygen atoms in total. The smallest absolute Gasteiger partial charge is 0.210 e. The molecular weight excluding hydrogens is 302 g/mol. The van der Waals surface area contributed by atoms with Gasteiger partial charge in [0, 0.05) is 18.0 Å². The molecule has 1 atom stereocenters. The Morgan fingerprint density at radius 2 is 2.24 bits per heavy atom. The first-order valence-corrected chi connectivity index (χ1v) is 9.02. The highest BCUT2D eigenvalue weighted by atomic mass is 32.2. The molecule has 6 heteroatoms. The van der Waals surface area contributed by atoms with Crippen molar-refractivity contribution in [3.63, 3.8) is 0 Å². The molecule has 112 valence electrons. The SMILES string of the molecule is Cc1ccccc1Nc1nnc(SC[C@@H]2CCCCO2)s1. The van der Waals surface area contributed by atoms with Crippen molar-refractivity contribution in [3.05, 3.63) is 29.8 Å². The topological polar surface area (TPSA) is 47.0 Å². The van der Waals surface area contributed by atoms with E-state index in [1.807, 2.05) is 12.1 Å². The number of nitrogens with one attached hydrogen (secondary N) is 1. The van der Waals surface area contributed by atoms with Gasteiger partial charge in [-0.1, -0.05) is 41.3 Å². The number of hydrogen-bond acceptors (Lipinski definition) is 6. The number of anilines is 2. The van der Waals surface area contributed by atoms with Crippen molar-refractivity contribution in [1.82, 2.24) is 10.2 Å². The van der Waals surface area contributed by atoms with Crippen molar-refractivity contribution in [2.75, 3.05) is 17.7 Å². The third-order valence-electron chi connectivity index (χ3n) is 3.46. The zero-order valence-electron chi connectivity index (χ0n) is 12.0. The van der Waals surface area contributed by atoms with Gasteiger partial charge < -0.3 is 10.1 Å². The molecule has 2 aromatic rings. The van der Waals surface area contributed by atoms with Gasteiger partial charge in [-0.05, 0) is 37.8 Å². The van der Waals surface area contributed by atoms with Crippen molar-refractivity contribution in [2.45, 2.75) is 36.6 Å². The van der Waals surface area contributed by atoms with Gasteiger partial charge in [0.05, 0.1) is 6.10 Å². The molecule has 0 bridgehead atoms.